The molecule has 1 fully saturated rings. The van der Waals surface area contributed by atoms with Crippen LogP contribution in [-0.2, 0) is 14.3 Å². The molecule has 8 nitrogen and oxygen atoms in total. The second kappa shape index (κ2) is 7.81. The van der Waals surface area contributed by atoms with Crippen LogP contribution in [0, 0.1) is 5.92 Å². The molecule has 1 aliphatic carbocycles. The maximum absolute atomic E-state index is 12.6. The van der Waals surface area contributed by atoms with Gasteiger partial charge in [0, 0.05) is 6.04 Å². The number of esters is 1. The van der Waals surface area contributed by atoms with Crippen LogP contribution in [0.1, 0.15) is 60.8 Å². The molecule has 1 aliphatic rings. The summed E-state index contributed by atoms with van der Waals surface area (Å²) in [4.78, 5) is 24.7. The van der Waals surface area contributed by atoms with E-state index in [2.05, 4.69) is 10.7 Å². The van der Waals surface area contributed by atoms with Crippen molar-refractivity contribution < 1.29 is 24.3 Å². The molecule has 3 N–H and O–H groups in total. The van der Waals surface area contributed by atoms with Crippen LogP contribution in [-0.4, -0.2) is 35.3 Å². The fourth-order valence-electron chi connectivity index (χ4n) is 2.79. The van der Waals surface area contributed by atoms with Crippen LogP contribution in [0.3, 0.4) is 0 Å². The van der Waals surface area contributed by atoms with Crippen LogP contribution in [0.2, 0.25) is 0 Å². The van der Waals surface area contributed by atoms with E-state index in [9.17, 15) is 9.59 Å². The summed E-state index contributed by atoms with van der Waals surface area (Å²) in [5.74, 6) is -0.725. The molecule has 0 saturated heterocycles. The third kappa shape index (κ3) is 6.72. The molecule has 0 aromatic carbocycles. The number of hydrazine groups is 1. The summed E-state index contributed by atoms with van der Waals surface area (Å²) in [6.45, 7) is 10.6. The summed E-state index contributed by atoms with van der Waals surface area (Å²) in [5.41, 5.74) is 10.3. The fraction of sp³-hybridized carbons (Fsp3) is 0.875. The minimum atomic E-state index is -0.854. The third-order valence-corrected chi connectivity index (χ3v) is 3.58. The predicted molar refractivity (Wildman–Crippen MR) is 87.6 cm³/mol. The lowest BCUT2D eigenvalue weighted by Crippen LogP contribution is -2.79. The van der Waals surface area contributed by atoms with Gasteiger partial charge in [-0.3, -0.25) is 5.43 Å². The summed E-state index contributed by atoms with van der Waals surface area (Å²) >= 11 is 0. The lowest BCUT2D eigenvalue weighted by atomic mass is 9.94. The first-order valence-corrected chi connectivity index (χ1v) is 8.30. The van der Waals surface area contributed by atoms with Crippen molar-refractivity contribution in [2.24, 2.45) is 5.92 Å². The van der Waals surface area contributed by atoms with Gasteiger partial charge in [-0.15, -0.1) is 0 Å². The summed E-state index contributed by atoms with van der Waals surface area (Å²) in [6, 6.07) is -1.02. The molecule has 0 unspecified atom stereocenters. The summed E-state index contributed by atoms with van der Waals surface area (Å²) in [7, 11) is 0. The minimum absolute atomic E-state index is 0.164. The molecule has 0 spiro atoms. The van der Waals surface area contributed by atoms with Gasteiger partial charge in [0.25, 0.3) is 0 Å². The highest BCUT2D eigenvalue weighted by molar-refractivity contribution is 5.82. The Labute approximate surface area is 143 Å². The third-order valence-electron chi connectivity index (χ3n) is 3.58. The lowest BCUT2D eigenvalue weighted by Gasteiger charge is -2.31. The lowest BCUT2D eigenvalue weighted by molar-refractivity contribution is -0.556. The first kappa shape index (κ1) is 20.2. The number of hydrogen-bond donors (Lipinski definition) is 3. The number of amides is 1. The molecule has 0 heterocycles. The van der Waals surface area contributed by atoms with Gasteiger partial charge < -0.3 is 14.8 Å². The topological polar surface area (TPSA) is 113 Å². The Morgan fingerprint density at radius 1 is 1.08 bits per heavy atom. The van der Waals surface area contributed by atoms with Crippen molar-refractivity contribution >= 4 is 12.1 Å². The van der Waals surface area contributed by atoms with Gasteiger partial charge in [-0.1, -0.05) is 6.42 Å². The van der Waals surface area contributed by atoms with Gasteiger partial charge in [0.05, 0.1) is 0 Å². The highest BCUT2D eigenvalue weighted by atomic mass is 16.6. The van der Waals surface area contributed by atoms with E-state index in [0.29, 0.717) is 0 Å². The normalized spacial score (nSPS) is 22.4. The highest BCUT2D eigenvalue weighted by Crippen LogP contribution is 2.29. The average molecular weight is 342 g/mol. The summed E-state index contributed by atoms with van der Waals surface area (Å²) < 4.78 is 10.7. The van der Waals surface area contributed by atoms with E-state index in [0.717, 1.165) is 19.3 Å². The fourth-order valence-corrected chi connectivity index (χ4v) is 2.79. The number of nitrogens with zero attached hydrogens (tertiary/aromatic N) is 1. The quantitative estimate of drug-likeness (QED) is 0.392. The molecule has 24 heavy (non-hydrogen) atoms. The first-order chi connectivity index (χ1) is 10.9. The molecule has 0 radical (unpaired) electrons. The zero-order chi connectivity index (χ0) is 18.5. The van der Waals surface area contributed by atoms with E-state index < -0.39 is 29.3 Å². The zero-order valence-corrected chi connectivity index (χ0v) is 15.4. The molecule has 0 aromatic rings. The Hall–Kier alpha value is -1.86. The number of alkyl carbamates (subject to hydrolysis) is 1. The van der Waals surface area contributed by atoms with Crippen molar-refractivity contribution in [2.45, 2.75) is 84.1 Å². The monoisotopic (exact) mass is 342 g/mol. The van der Waals surface area contributed by atoms with E-state index in [1.807, 2.05) is 5.22 Å². The maximum Gasteiger partial charge on any atom is 0.408 e. The first-order valence-electron chi connectivity index (χ1n) is 8.30. The Morgan fingerprint density at radius 3 is 2.17 bits per heavy atom. The van der Waals surface area contributed by atoms with Crippen molar-refractivity contribution in [3.05, 3.63) is 5.53 Å². The Kier molecular flexibility index (Phi) is 6.57. The van der Waals surface area contributed by atoms with Crippen molar-refractivity contribution in [3.8, 4) is 0 Å². The number of carbonyl (C=O) groups is 2. The minimum Gasteiger partial charge on any atom is -0.458 e. The van der Waals surface area contributed by atoms with Gasteiger partial charge in [-0.05, 0) is 60.3 Å². The summed E-state index contributed by atoms with van der Waals surface area (Å²) in [6.07, 6.45) is 1.70. The van der Waals surface area contributed by atoms with Gasteiger partial charge in [0.2, 0.25) is 0 Å². The highest BCUT2D eigenvalue weighted by Gasteiger charge is 2.40. The van der Waals surface area contributed by atoms with E-state index >= 15 is 0 Å². The molecule has 0 aliphatic heterocycles. The van der Waals surface area contributed by atoms with Crippen molar-refractivity contribution in [1.82, 2.24) is 10.7 Å². The second-order valence-electron chi connectivity index (χ2n) is 8.11. The van der Waals surface area contributed by atoms with Gasteiger partial charge in [0.1, 0.15) is 17.2 Å². The molecule has 0 aromatic heterocycles. The van der Waals surface area contributed by atoms with Crippen LogP contribution in [0.4, 0.5) is 4.79 Å². The Bertz CT molecular complexity index is 468. The van der Waals surface area contributed by atoms with Gasteiger partial charge in [-0.25, -0.2) is 9.59 Å². The van der Waals surface area contributed by atoms with Gasteiger partial charge >= 0.3 is 12.1 Å². The van der Waals surface area contributed by atoms with Crippen LogP contribution < -0.4 is 16.0 Å². The number of ether oxygens (including phenoxy) is 2. The number of carbonyl (C=O) groups excluding carboxylic acids is 2. The number of hydrogen-bond acceptors (Lipinski definition) is 4. The van der Waals surface area contributed by atoms with Gasteiger partial charge in [0.15, 0.2) is 0 Å². The molecule has 1 saturated carbocycles. The second-order valence-corrected chi connectivity index (χ2v) is 8.11. The molecule has 138 valence electrons. The standard InChI is InChI=1S/C16H30N4O4/c1-15(2,3)23-13(21)12(18-14(22)24-16(4,5)6)10-8-7-9-11(10)19-20-17/h10-12,20H,7-9H2,1-6H3,(H2-,17,18,19,22)/t10-,11-,12-/m1/s1. The van der Waals surface area contributed by atoms with Crippen molar-refractivity contribution in [3.63, 3.8) is 0 Å². The van der Waals surface area contributed by atoms with Crippen LogP contribution >= 0.6 is 0 Å². The van der Waals surface area contributed by atoms with E-state index in [1.54, 1.807) is 41.5 Å². The zero-order valence-electron chi connectivity index (χ0n) is 15.4. The largest absolute Gasteiger partial charge is 0.458 e. The van der Waals surface area contributed by atoms with Crippen LogP contribution in [0.25, 0.3) is 5.53 Å². The number of nitrogens with one attached hydrogen (secondary N) is 3. The van der Waals surface area contributed by atoms with E-state index in [4.69, 9.17) is 15.0 Å². The summed E-state index contributed by atoms with van der Waals surface area (Å²) in [5, 5.41) is 4.57. The van der Waals surface area contributed by atoms with Crippen molar-refractivity contribution in [2.75, 3.05) is 0 Å². The molecule has 3 atom stereocenters. The van der Waals surface area contributed by atoms with Crippen molar-refractivity contribution in [1.29, 1.82) is 0 Å². The number of rotatable bonds is 5. The molecule has 8 heteroatoms. The molecule has 0 bridgehead atoms. The predicted octanol–water partition coefficient (Wildman–Crippen LogP) is 0.997. The smallest absolute Gasteiger partial charge is 0.408 e. The molecule has 1 amide bonds. The van der Waals surface area contributed by atoms with E-state index in [1.165, 1.54) is 0 Å². The van der Waals surface area contributed by atoms with Crippen LogP contribution in [0.15, 0.2) is 0 Å². The Balaban J connectivity index is 2.92. The molecule has 1 rings (SSSR count). The maximum atomic E-state index is 12.6. The molecular formula is C16H30N4O4. The average Bonchev–Trinajstić information content (AvgIpc) is 2.80. The molecular weight excluding hydrogens is 312 g/mol. The van der Waals surface area contributed by atoms with E-state index in [-0.39, 0.29) is 12.0 Å². The van der Waals surface area contributed by atoms with Gasteiger partial charge in [-0.2, -0.15) is 10.8 Å². The van der Waals surface area contributed by atoms with Crippen LogP contribution in [0.5, 0.6) is 0 Å². The Morgan fingerprint density at radius 2 is 1.67 bits per heavy atom. The SMILES string of the molecule is CC(C)(C)OC(=O)N[C@@H](C(=O)OC(C)(C)C)[C@@H]1CCC[C@H]1N[NH+]=[N-].